The summed E-state index contributed by atoms with van der Waals surface area (Å²) in [6.07, 6.45) is 1.21. The van der Waals surface area contributed by atoms with Crippen molar-refractivity contribution >= 4 is 28.7 Å². The molecule has 2 N–H and O–H groups in total. The van der Waals surface area contributed by atoms with E-state index in [0.29, 0.717) is 6.54 Å². The molecule has 0 aliphatic heterocycles. The van der Waals surface area contributed by atoms with Gasteiger partial charge in [0, 0.05) is 12.4 Å². The molecule has 8 nitrogen and oxygen atoms in total. The number of rotatable bonds is 4. The molecule has 0 spiro atoms. The standard InChI is InChI=1S/C10H12N6O2S/c1-6-14-7(4-19-6)3-15(2)10-8(16(17)18)9(11)12-5-13-10/h4-5H,3H2,1-2H3,(H2,11,12,13). The van der Waals surface area contributed by atoms with Crippen LogP contribution in [0.15, 0.2) is 11.7 Å². The topological polar surface area (TPSA) is 111 Å². The Morgan fingerprint density at radius 2 is 2.26 bits per heavy atom. The Balaban J connectivity index is 2.31. The number of aryl methyl sites for hydroxylation is 1. The summed E-state index contributed by atoms with van der Waals surface area (Å²) in [5, 5.41) is 13.9. The van der Waals surface area contributed by atoms with Gasteiger partial charge < -0.3 is 10.6 Å². The minimum atomic E-state index is -0.576. The van der Waals surface area contributed by atoms with Crippen LogP contribution in [-0.4, -0.2) is 26.9 Å². The van der Waals surface area contributed by atoms with Crippen LogP contribution in [0.1, 0.15) is 10.7 Å². The molecule has 0 saturated carbocycles. The molecule has 0 fully saturated rings. The Hall–Kier alpha value is -2.29. The van der Waals surface area contributed by atoms with Crippen molar-refractivity contribution in [1.82, 2.24) is 15.0 Å². The number of nitrogens with zero attached hydrogens (tertiary/aromatic N) is 5. The molecular formula is C10H12N6O2S. The van der Waals surface area contributed by atoms with E-state index < -0.39 is 4.92 Å². The van der Waals surface area contributed by atoms with Gasteiger partial charge in [0.2, 0.25) is 11.6 Å². The van der Waals surface area contributed by atoms with Crippen molar-refractivity contribution in [2.75, 3.05) is 17.7 Å². The van der Waals surface area contributed by atoms with Gasteiger partial charge >= 0.3 is 5.69 Å². The molecular weight excluding hydrogens is 268 g/mol. The van der Waals surface area contributed by atoms with E-state index in [-0.39, 0.29) is 17.3 Å². The van der Waals surface area contributed by atoms with E-state index >= 15 is 0 Å². The largest absolute Gasteiger partial charge is 0.378 e. The molecule has 2 aromatic rings. The zero-order valence-electron chi connectivity index (χ0n) is 10.4. The molecule has 0 atom stereocenters. The van der Waals surface area contributed by atoms with Crippen molar-refractivity contribution in [1.29, 1.82) is 0 Å². The van der Waals surface area contributed by atoms with Crippen LogP contribution in [0.2, 0.25) is 0 Å². The number of thiazole rings is 1. The smallest absolute Gasteiger partial charge is 0.353 e. The minimum Gasteiger partial charge on any atom is -0.378 e. The first-order chi connectivity index (χ1) is 8.99. The first-order valence-electron chi connectivity index (χ1n) is 5.36. The molecule has 0 aliphatic carbocycles. The molecule has 2 aromatic heterocycles. The van der Waals surface area contributed by atoms with Gasteiger partial charge in [-0.15, -0.1) is 11.3 Å². The van der Waals surface area contributed by atoms with E-state index in [2.05, 4.69) is 15.0 Å². The molecule has 9 heteroatoms. The summed E-state index contributed by atoms with van der Waals surface area (Å²) in [5.41, 5.74) is 6.07. The van der Waals surface area contributed by atoms with Crippen LogP contribution in [0.4, 0.5) is 17.3 Å². The highest BCUT2D eigenvalue weighted by Crippen LogP contribution is 2.29. The summed E-state index contributed by atoms with van der Waals surface area (Å²) in [6, 6.07) is 0. The second-order valence-electron chi connectivity index (χ2n) is 3.90. The summed E-state index contributed by atoms with van der Waals surface area (Å²) in [7, 11) is 1.70. The summed E-state index contributed by atoms with van der Waals surface area (Å²) < 4.78 is 0. The molecule has 0 bridgehead atoms. The van der Waals surface area contributed by atoms with E-state index in [1.807, 2.05) is 12.3 Å². The van der Waals surface area contributed by atoms with Gasteiger partial charge in [-0.25, -0.2) is 15.0 Å². The van der Waals surface area contributed by atoms with Gasteiger partial charge in [-0.1, -0.05) is 0 Å². The zero-order chi connectivity index (χ0) is 14.0. The van der Waals surface area contributed by atoms with Crippen LogP contribution in [0.5, 0.6) is 0 Å². The first kappa shape index (κ1) is 13.1. The maximum absolute atomic E-state index is 11.0. The second-order valence-corrected chi connectivity index (χ2v) is 4.96. The van der Waals surface area contributed by atoms with Gasteiger partial charge in [0.15, 0.2) is 0 Å². The Kier molecular flexibility index (Phi) is 3.56. The zero-order valence-corrected chi connectivity index (χ0v) is 11.2. The molecule has 2 rings (SSSR count). The molecule has 0 aliphatic rings. The number of hydrogen-bond acceptors (Lipinski definition) is 8. The average molecular weight is 280 g/mol. The van der Waals surface area contributed by atoms with E-state index in [4.69, 9.17) is 5.73 Å². The summed E-state index contributed by atoms with van der Waals surface area (Å²) >= 11 is 1.53. The van der Waals surface area contributed by atoms with Crippen molar-refractivity contribution in [2.24, 2.45) is 0 Å². The quantitative estimate of drug-likeness (QED) is 0.664. The lowest BCUT2D eigenvalue weighted by Crippen LogP contribution is -2.20. The van der Waals surface area contributed by atoms with Crippen LogP contribution < -0.4 is 10.6 Å². The fraction of sp³-hybridized carbons (Fsp3) is 0.300. The van der Waals surface area contributed by atoms with Gasteiger partial charge in [-0.2, -0.15) is 0 Å². The number of hydrogen-bond donors (Lipinski definition) is 1. The lowest BCUT2D eigenvalue weighted by atomic mass is 10.3. The third kappa shape index (κ3) is 2.76. The van der Waals surface area contributed by atoms with Crippen molar-refractivity contribution in [3.63, 3.8) is 0 Å². The van der Waals surface area contributed by atoms with Crippen LogP contribution in [0.3, 0.4) is 0 Å². The predicted molar refractivity (Wildman–Crippen MR) is 72.1 cm³/mol. The first-order valence-corrected chi connectivity index (χ1v) is 6.24. The van der Waals surface area contributed by atoms with Crippen LogP contribution in [-0.2, 0) is 6.54 Å². The Bertz CT molecular complexity index is 614. The fourth-order valence-corrected chi connectivity index (χ4v) is 2.24. The lowest BCUT2D eigenvalue weighted by Gasteiger charge is -2.16. The van der Waals surface area contributed by atoms with Crippen molar-refractivity contribution in [3.8, 4) is 0 Å². The lowest BCUT2D eigenvalue weighted by molar-refractivity contribution is -0.383. The number of nitrogens with two attached hydrogens (primary N) is 1. The average Bonchev–Trinajstić information content (AvgIpc) is 2.73. The molecule has 0 unspecified atom stereocenters. The van der Waals surface area contributed by atoms with E-state index in [0.717, 1.165) is 10.7 Å². The van der Waals surface area contributed by atoms with Gasteiger partial charge in [0.05, 0.1) is 22.2 Å². The minimum absolute atomic E-state index is 0.142. The van der Waals surface area contributed by atoms with Crippen molar-refractivity contribution < 1.29 is 4.92 Å². The number of anilines is 2. The van der Waals surface area contributed by atoms with Crippen LogP contribution in [0, 0.1) is 17.0 Å². The van der Waals surface area contributed by atoms with Crippen LogP contribution in [0.25, 0.3) is 0 Å². The Morgan fingerprint density at radius 3 is 2.84 bits per heavy atom. The van der Waals surface area contributed by atoms with Gasteiger partial charge in [0.25, 0.3) is 0 Å². The van der Waals surface area contributed by atoms with E-state index in [1.165, 1.54) is 17.7 Å². The second kappa shape index (κ2) is 5.14. The molecule has 0 amide bonds. The molecule has 100 valence electrons. The third-order valence-electron chi connectivity index (χ3n) is 2.44. The summed E-state index contributed by atoms with van der Waals surface area (Å²) in [4.78, 5) is 23.9. The maximum Gasteiger partial charge on any atom is 0.353 e. The SMILES string of the molecule is Cc1nc(CN(C)c2ncnc(N)c2[N+](=O)[O-])cs1. The summed E-state index contributed by atoms with van der Waals surface area (Å²) in [5.74, 6) is 0.0412. The predicted octanol–water partition coefficient (Wildman–Crippen LogP) is 1.37. The maximum atomic E-state index is 11.0. The third-order valence-corrected chi connectivity index (χ3v) is 3.26. The van der Waals surface area contributed by atoms with E-state index in [1.54, 1.807) is 11.9 Å². The number of nitro groups is 1. The van der Waals surface area contributed by atoms with Crippen molar-refractivity contribution in [2.45, 2.75) is 13.5 Å². The molecule has 2 heterocycles. The molecule has 0 aromatic carbocycles. The highest BCUT2D eigenvalue weighted by atomic mass is 32.1. The Morgan fingerprint density at radius 1 is 1.53 bits per heavy atom. The highest BCUT2D eigenvalue weighted by Gasteiger charge is 2.24. The Labute approximate surface area is 113 Å². The van der Waals surface area contributed by atoms with Crippen LogP contribution >= 0.6 is 11.3 Å². The highest BCUT2D eigenvalue weighted by molar-refractivity contribution is 7.09. The monoisotopic (exact) mass is 280 g/mol. The van der Waals surface area contributed by atoms with Gasteiger partial charge in [-0.3, -0.25) is 10.1 Å². The molecule has 0 saturated heterocycles. The number of aromatic nitrogens is 3. The normalized spacial score (nSPS) is 10.4. The van der Waals surface area contributed by atoms with E-state index in [9.17, 15) is 10.1 Å². The number of nitrogen functional groups attached to an aromatic ring is 1. The van der Waals surface area contributed by atoms with Crippen molar-refractivity contribution in [3.05, 3.63) is 32.5 Å². The fourth-order valence-electron chi connectivity index (χ4n) is 1.64. The van der Waals surface area contributed by atoms with Gasteiger partial charge in [0.1, 0.15) is 6.33 Å². The molecule has 0 radical (unpaired) electrons. The van der Waals surface area contributed by atoms with Gasteiger partial charge in [-0.05, 0) is 6.92 Å². The molecule has 19 heavy (non-hydrogen) atoms. The summed E-state index contributed by atoms with van der Waals surface area (Å²) in [6.45, 7) is 2.32.